The van der Waals surface area contributed by atoms with Gasteiger partial charge in [-0.15, -0.1) is 13.2 Å². The van der Waals surface area contributed by atoms with E-state index in [9.17, 15) is 13.2 Å². The Labute approximate surface area is 157 Å². The van der Waals surface area contributed by atoms with E-state index in [-0.39, 0.29) is 18.3 Å². The third-order valence-electron chi connectivity index (χ3n) is 3.45. The lowest BCUT2D eigenvalue weighted by atomic mass is 10.2. The summed E-state index contributed by atoms with van der Waals surface area (Å²) in [5.74, 6) is 0.814. The molecule has 0 aliphatic carbocycles. The van der Waals surface area contributed by atoms with Gasteiger partial charge in [-0.3, -0.25) is 0 Å². The van der Waals surface area contributed by atoms with Crippen LogP contribution in [-0.4, -0.2) is 25.5 Å². The first-order valence-electron chi connectivity index (χ1n) is 7.81. The topological polar surface area (TPSA) is 78.1 Å². The third-order valence-corrected chi connectivity index (χ3v) is 3.73. The fourth-order valence-electron chi connectivity index (χ4n) is 2.36. The van der Waals surface area contributed by atoms with E-state index < -0.39 is 6.36 Å². The summed E-state index contributed by atoms with van der Waals surface area (Å²) in [4.78, 5) is 4.18. The van der Waals surface area contributed by atoms with Gasteiger partial charge in [-0.25, -0.2) is 4.99 Å². The summed E-state index contributed by atoms with van der Waals surface area (Å²) in [6.45, 7) is 1.10. The quantitative estimate of drug-likeness (QED) is 0.599. The van der Waals surface area contributed by atoms with Crippen LogP contribution in [0, 0.1) is 0 Å². The zero-order valence-electron chi connectivity index (χ0n) is 13.8. The van der Waals surface area contributed by atoms with Crippen LogP contribution >= 0.6 is 11.6 Å². The van der Waals surface area contributed by atoms with Gasteiger partial charge in [-0.1, -0.05) is 11.6 Å². The van der Waals surface area contributed by atoms with Crippen molar-refractivity contribution in [3.8, 4) is 17.2 Å². The summed E-state index contributed by atoms with van der Waals surface area (Å²) >= 11 is 6.16. The number of anilines is 1. The highest BCUT2D eigenvalue weighted by atomic mass is 35.5. The Morgan fingerprint density at radius 3 is 2.59 bits per heavy atom. The SMILES string of the molecule is NC(=NCc1cc(Cl)c2c(c1)OCCO2)Nc1ccc(OC(F)(F)F)cc1. The van der Waals surface area contributed by atoms with Gasteiger partial charge in [-0.2, -0.15) is 0 Å². The second kappa shape index (κ2) is 7.83. The Morgan fingerprint density at radius 2 is 1.89 bits per heavy atom. The van der Waals surface area contributed by atoms with Crippen molar-refractivity contribution in [2.24, 2.45) is 10.7 Å². The average molecular weight is 402 g/mol. The molecule has 1 heterocycles. The van der Waals surface area contributed by atoms with E-state index in [1.165, 1.54) is 24.3 Å². The fraction of sp³-hybridized carbons (Fsp3) is 0.235. The number of aliphatic imine (C=N–C) groups is 1. The molecule has 0 saturated carbocycles. The molecule has 0 atom stereocenters. The van der Waals surface area contributed by atoms with Crippen LogP contribution in [-0.2, 0) is 6.54 Å². The molecule has 0 amide bonds. The van der Waals surface area contributed by atoms with Gasteiger partial charge in [0.15, 0.2) is 17.5 Å². The molecule has 1 aliphatic heterocycles. The van der Waals surface area contributed by atoms with Gasteiger partial charge >= 0.3 is 6.36 Å². The van der Waals surface area contributed by atoms with Crippen molar-refractivity contribution >= 4 is 23.2 Å². The molecule has 0 saturated heterocycles. The molecular formula is C17H15ClF3N3O3. The Morgan fingerprint density at radius 1 is 1.19 bits per heavy atom. The number of nitrogens with zero attached hydrogens (tertiary/aromatic N) is 1. The lowest BCUT2D eigenvalue weighted by molar-refractivity contribution is -0.274. The fourth-order valence-corrected chi connectivity index (χ4v) is 2.65. The Balaban J connectivity index is 1.62. The lowest BCUT2D eigenvalue weighted by Crippen LogP contribution is -2.22. The van der Waals surface area contributed by atoms with E-state index in [2.05, 4.69) is 15.0 Å². The maximum atomic E-state index is 12.1. The summed E-state index contributed by atoms with van der Waals surface area (Å²) in [5.41, 5.74) is 7.04. The van der Waals surface area contributed by atoms with Crippen molar-refractivity contribution in [2.45, 2.75) is 12.9 Å². The molecular weight excluding hydrogens is 387 g/mol. The van der Waals surface area contributed by atoms with Crippen LogP contribution in [0.1, 0.15) is 5.56 Å². The van der Waals surface area contributed by atoms with E-state index in [0.717, 1.165) is 5.56 Å². The Bertz CT molecular complexity index is 842. The molecule has 3 rings (SSSR count). The molecule has 27 heavy (non-hydrogen) atoms. The van der Waals surface area contributed by atoms with Crippen molar-refractivity contribution in [1.82, 2.24) is 0 Å². The maximum absolute atomic E-state index is 12.1. The average Bonchev–Trinajstić information content (AvgIpc) is 2.60. The number of nitrogens with one attached hydrogen (secondary N) is 1. The molecule has 1 aliphatic rings. The van der Waals surface area contributed by atoms with E-state index in [1.54, 1.807) is 12.1 Å². The van der Waals surface area contributed by atoms with E-state index in [1.807, 2.05) is 0 Å². The summed E-state index contributed by atoms with van der Waals surface area (Å²) < 4.78 is 51.2. The summed E-state index contributed by atoms with van der Waals surface area (Å²) in [6, 6.07) is 8.59. The van der Waals surface area contributed by atoms with E-state index in [0.29, 0.717) is 35.4 Å². The number of guanidine groups is 1. The monoisotopic (exact) mass is 401 g/mol. The van der Waals surface area contributed by atoms with Crippen LogP contribution in [0.4, 0.5) is 18.9 Å². The number of hydrogen-bond acceptors (Lipinski definition) is 4. The molecule has 144 valence electrons. The highest BCUT2D eigenvalue weighted by molar-refractivity contribution is 6.32. The predicted octanol–water partition coefficient (Wildman–Crippen LogP) is 3.94. The van der Waals surface area contributed by atoms with Gasteiger partial charge in [0.1, 0.15) is 19.0 Å². The van der Waals surface area contributed by atoms with Gasteiger partial charge in [0.2, 0.25) is 0 Å². The minimum Gasteiger partial charge on any atom is -0.486 e. The molecule has 0 bridgehead atoms. The van der Waals surface area contributed by atoms with Crippen LogP contribution in [0.15, 0.2) is 41.4 Å². The Hall–Kier alpha value is -2.81. The standard InChI is InChI=1S/C17H15ClF3N3O3/c18-13-7-10(8-14-15(13)26-6-5-25-14)9-23-16(22)24-11-1-3-12(4-2-11)27-17(19,20)21/h1-4,7-8H,5-6,9H2,(H3,22,23,24). The predicted molar refractivity (Wildman–Crippen MR) is 94.5 cm³/mol. The van der Waals surface area contributed by atoms with Gasteiger partial charge in [0.25, 0.3) is 0 Å². The van der Waals surface area contributed by atoms with Crippen molar-refractivity contribution in [3.63, 3.8) is 0 Å². The van der Waals surface area contributed by atoms with Gasteiger partial charge in [0, 0.05) is 5.69 Å². The summed E-state index contributed by atoms with van der Waals surface area (Å²) in [7, 11) is 0. The van der Waals surface area contributed by atoms with Crippen LogP contribution in [0.3, 0.4) is 0 Å². The number of nitrogens with two attached hydrogens (primary N) is 1. The van der Waals surface area contributed by atoms with Gasteiger partial charge in [0.05, 0.1) is 11.6 Å². The number of ether oxygens (including phenoxy) is 3. The molecule has 0 fully saturated rings. The molecule has 2 aromatic rings. The zero-order valence-corrected chi connectivity index (χ0v) is 14.6. The van der Waals surface area contributed by atoms with Gasteiger partial charge < -0.3 is 25.3 Å². The molecule has 0 radical (unpaired) electrons. The molecule has 3 N–H and O–H groups in total. The lowest BCUT2D eigenvalue weighted by Gasteiger charge is -2.20. The van der Waals surface area contributed by atoms with E-state index >= 15 is 0 Å². The van der Waals surface area contributed by atoms with Crippen LogP contribution in [0.25, 0.3) is 0 Å². The normalized spacial score (nSPS) is 14.0. The first-order chi connectivity index (χ1) is 12.8. The largest absolute Gasteiger partial charge is 0.573 e. The van der Waals surface area contributed by atoms with Crippen LogP contribution < -0.4 is 25.3 Å². The molecule has 0 spiro atoms. The molecule has 0 aromatic heterocycles. The van der Waals surface area contributed by atoms with Crippen molar-refractivity contribution in [3.05, 3.63) is 47.0 Å². The minimum atomic E-state index is -4.74. The first kappa shape index (κ1) is 19.0. The molecule has 2 aromatic carbocycles. The number of alkyl halides is 3. The van der Waals surface area contributed by atoms with Crippen LogP contribution in [0.5, 0.6) is 17.2 Å². The summed E-state index contributed by atoms with van der Waals surface area (Å²) in [6.07, 6.45) is -4.74. The van der Waals surface area contributed by atoms with Crippen molar-refractivity contribution < 1.29 is 27.4 Å². The highest BCUT2D eigenvalue weighted by Crippen LogP contribution is 2.38. The first-order valence-corrected chi connectivity index (χ1v) is 8.19. The van der Waals surface area contributed by atoms with Crippen molar-refractivity contribution in [2.75, 3.05) is 18.5 Å². The second-order valence-electron chi connectivity index (χ2n) is 5.50. The number of fused-ring (bicyclic) bond motifs is 1. The number of halogens is 4. The molecule has 0 unspecified atom stereocenters. The second-order valence-corrected chi connectivity index (χ2v) is 5.91. The minimum absolute atomic E-state index is 0.0884. The number of benzene rings is 2. The molecule has 10 heteroatoms. The number of rotatable bonds is 4. The van der Waals surface area contributed by atoms with Crippen LogP contribution in [0.2, 0.25) is 5.02 Å². The van der Waals surface area contributed by atoms with Crippen molar-refractivity contribution in [1.29, 1.82) is 0 Å². The third kappa shape index (κ3) is 5.33. The number of hydrogen-bond donors (Lipinski definition) is 2. The van der Waals surface area contributed by atoms with Gasteiger partial charge in [-0.05, 0) is 42.0 Å². The zero-order chi connectivity index (χ0) is 19.4. The summed E-state index contributed by atoms with van der Waals surface area (Å²) in [5, 5.41) is 3.20. The van der Waals surface area contributed by atoms with E-state index in [4.69, 9.17) is 26.8 Å². The molecule has 6 nitrogen and oxygen atoms in total. The smallest absolute Gasteiger partial charge is 0.486 e. The highest BCUT2D eigenvalue weighted by Gasteiger charge is 2.30. The maximum Gasteiger partial charge on any atom is 0.573 e. The Kier molecular flexibility index (Phi) is 5.50.